The Hall–Kier alpha value is -1.62. The Labute approximate surface area is 113 Å². The van der Waals surface area contributed by atoms with E-state index in [1.54, 1.807) is 6.92 Å². The molecule has 1 amide bonds. The Bertz CT molecular complexity index is 467. The smallest absolute Gasteiger partial charge is 0.219 e. The Balaban J connectivity index is 1.91. The van der Waals surface area contributed by atoms with Crippen molar-refractivity contribution in [3.8, 4) is 0 Å². The summed E-state index contributed by atoms with van der Waals surface area (Å²) in [6.45, 7) is 5.20. The molecule has 0 saturated carbocycles. The summed E-state index contributed by atoms with van der Waals surface area (Å²) in [5.41, 5.74) is 0.743. The lowest BCUT2D eigenvalue weighted by Gasteiger charge is -2.20. The van der Waals surface area contributed by atoms with Gasteiger partial charge < -0.3 is 9.47 Å². The van der Waals surface area contributed by atoms with Gasteiger partial charge in [0.2, 0.25) is 5.91 Å². The van der Waals surface area contributed by atoms with Crippen molar-refractivity contribution in [3.63, 3.8) is 0 Å². The van der Waals surface area contributed by atoms with E-state index in [0.29, 0.717) is 6.54 Å². The summed E-state index contributed by atoms with van der Waals surface area (Å²) in [5, 5.41) is 0. The molecule has 2 rings (SSSR count). The number of nitrogens with zero attached hydrogens (tertiary/aromatic N) is 3. The molecule has 0 N–H and O–H groups in total. The quantitative estimate of drug-likeness (QED) is 0.756. The summed E-state index contributed by atoms with van der Waals surface area (Å²) in [6, 6.07) is 3.73. The molecule has 19 heavy (non-hydrogen) atoms. The molecule has 1 saturated heterocycles. The molecular weight excluding hydrogens is 242 g/mol. The maximum atomic E-state index is 12.2. The number of carbonyl (C=O) groups excluding carboxylic acids is 2. The predicted molar refractivity (Wildman–Crippen MR) is 73.1 cm³/mol. The van der Waals surface area contributed by atoms with E-state index in [2.05, 4.69) is 4.90 Å². The summed E-state index contributed by atoms with van der Waals surface area (Å²) < 4.78 is 1.85. The van der Waals surface area contributed by atoms with Gasteiger partial charge >= 0.3 is 0 Å². The van der Waals surface area contributed by atoms with Crippen molar-refractivity contribution in [2.75, 3.05) is 32.7 Å². The average Bonchev–Trinajstić information content (AvgIpc) is 2.65. The number of rotatable bonds is 3. The third-order valence-electron chi connectivity index (χ3n) is 3.63. The lowest BCUT2D eigenvalue weighted by atomic mass is 10.2. The molecular formula is C14H21N3O2. The molecule has 1 fully saturated rings. The molecule has 1 aliphatic heterocycles. The number of aryl methyl sites for hydroxylation is 1. The van der Waals surface area contributed by atoms with E-state index in [9.17, 15) is 9.59 Å². The first-order valence-electron chi connectivity index (χ1n) is 6.70. The second kappa shape index (κ2) is 6.02. The number of Topliss-reactive ketones (excluding diaryl/α,β-unsaturated/α-hetero) is 1. The van der Waals surface area contributed by atoms with Gasteiger partial charge in [0.15, 0.2) is 5.78 Å². The van der Waals surface area contributed by atoms with Crippen LogP contribution in [0.2, 0.25) is 0 Å². The number of aromatic nitrogens is 1. The second-order valence-corrected chi connectivity index (χ2v) is 5.06. The molecule has 1 aromatic rings. The topological polar surface area (TPSA) is 45.6 Å². The summed E-state index contributed by atoms with van der Waals surface area (Å²) in [7, 11) is 1.88. The molecule has 0 spiro atoms. The predicted octanol–water partition coefficient (Wildman–Crippen LogP) is 0.762. The molecule has 2 heterocycles. The SMILES string of the molecule is CC(=O)N1CCCN(CC(=O)c2cccn2C)CC1. The minimum atomic E-state index is 0.121. The first kappa shape index (κ1) is 13.8. The number of hydrogen-bond donors (Lipinski definition) is 0. The van der Waals surface area contributed by atoms with Crippen LogP contribution in [0.4, 0.5) is 0 Å². The standard InChI is InChI=1S/C14H21N3O2/c1-12(18)17-8-4-7-16(9-10-17)11-14(19)13-5-3-6-15(13)2/h3,5-6H,4,7-11H2,1-2H3. The van der Waals surface area contributed by atoms with Crippen molar-refractivity contribution >= 4 is 11.7 Å². The van der Waals surface area contributed by atoms with Gasteiger partial charge in [-0.15, -0.1) is 0 Å². The van der Waals surface area contributed by atoms with E-state index >= 15 is 0 Å². The zero-order valence-corrected chi connectivity index (χ0v) is 11.6. The normalized spacial score (nSPS) is 17.3. The largest absolute Gasteiger partial charge is 0.348 e. The zero-order chi connectivity index (χ0) is 13.8. The van der Waals surface area contributed by atoms with Crippen molar-refractivity contribution in [1.29, 1.82) is 0 Å². The van der Waals surface area contributed by atoms with Gasteiger partial charge in [-0.3, -0.25) is 14.5 Å². The van der Waals surface area contributed by atoms with E-state index in [-0.39, 0.29) is 11.7 Å². The van der Waals surface area contributed by atoms with Crippen LogP contribution in [0.15, 0.2) is 18.3 Å². The van der Waals surface area contributed by atoms with Crippen LogP contribution in [0, 0.1) is 0 Å². The second-order valence-electron chi connectivity index (χ2n) is 5.06. The van der Waals surface area contributed by atoms with E-state index in [1.807, 2.05) is 34.8 Å². The number of ketones is 1. The van der Waals surface area contributed by atoms with Crippen molar-refractivity contribution in [2.24, 2.45) is 7.05 Å². The zero-order valence-electron chi connectivity index (χ0n) is 11.6. The van der Waals surface area contributed by atoms with Crippen molar-refractivity contribution in [3.05, 3.63) is 24.0 Å². The Kier molecular flexibility index (Phi) is 4.37. The lowest BCUT2D eigenvalue weighted by Crippen LogP contribution is -2.36. The van der Waals surface area contributed by atoms with Crippen LogP contribution in [-0.2, 0) is 11.8 Å². The number of amides is 1. The molecule has 0 aliphatic carbocycles. The molecule has 104 valence electrons. The Morgan fingerprint density at radius 3 is 2.63 bits per heavy atom. The summed E-state index contributed by atoms with van der Waals surface area (Å²) in [4.78, 5) is 27.5. The van der Waals surface area contributed by atoms with E-state index in [4.69, 9.17) is 0 Å². The van der Waals surface area contributed by atoms with Crippen LogP contribution in [0.3, 0.4) is 0 Å². The fourth-order valence-electron chi connectivity index (χ4n) is 2.48. The Morgan fingerprint density at radius 1 is 1.21 bits per heavy atom. The number of carbonyl (C=O) groups is 2. The average molecular weight is 263 g/mol. The first-order chi connectivity index (χ1) is 9.08. The van der Waals surface area contributed by atoms with Crippen molar-refractivity contribution in [1.82, 2.24) is 14.4 Å². The van der Waals surface area contributed by atoms with Gasteiger partial charge in [0.05, 0.1) is 12.2 Å². The van der Waals surface area contributed by atoms with E-state index in [1.165, 1.54) is 0 Å². The molecule has 5 nitrogen and oxygen atoms in total. The molecule has 5 heteroatoms. The third kappa shape index (κ3) is 3.44. The molecule has 1 aromatic heterocycles. The first-order valence-corrected chi connectivity index (χ1v) is 6.70. The van der Waals surface area contributed by atoms with Crippen LogP contribution >= 0.6 is 0 Å². The van der Waals surface area contributed by atoms with E-state index in [0.717, 1.165) is 38.3 Å². The maximum Gasteiger partial charge on any atom is 0.219 e. The van der Waals surface area contributed by atoms with Gasteiger partial charge in [-0.25, -0.2) is 0 Å². The number of hydrogen-bond acceptors (Lipinski definition) is 3. The fourth-order valence-corrected chi connectivity index (χ4v) is 2.48. The van der Waals surface area contributed by atoms with Crippen LogP contribution < -0.4 is 0 Å². The summed E-state index contributed by atoms with van der Waals surface area (Å²) in [5.74, 6) is 0.263. The highest BCUT2D eigenvalue weighted by atomic mass is 16.2. The van der Waals surface area contributed by atoms with Crippen LogP contribution in [-0.4, -0.2) is 58.8 Å². The van der Waals surface area contributed by atoms with Gasteiger partial charge in [0, 0.05) is 46.3 Å². The highest BCUT2D eigenvalue weighted by molar-refractivity contribution is 5.96. The van der Waals surface area contributed by atoms with Crippen LogP contribution in [0.1, 0.15) is 23.8 Å². The highest BCUT2D eigenvalue weighted by Crippen LogP contribution is 2.07. The fraction of sp³-hybridized carbons (Fsp3) is 0.571. The van der Waals surface area contributed by atoms with Gasteiger partial charge in [-0.1, -0.05) is 0 Å². The molecule has 0 radical (unpaired) electrons. The highest BCUT2D eigenvalue weighted by Gasteiger charge is 2.19. The molecule has 0 unspecified atom stereocenters. The minimum absolute atomic E-state index is 0.121. The minimum Gasteiger partial charge on any atom is -0.348 e. The van der Waals surface area contributed by atoms with Gasteiger partial charge in [0.25, 0.3) is 0 Å². The third-order valence-corrected chi connectivity index (χ3v) is 3.63. The van der Waals surface area contributed by atoms with Gasteiger partial charge in [-0.2, -0.15) is 0 Å². The van der Waals surface area contributed by atoms with Crippen LogP contribution in [0.5, 0.6) is 0 Å². The molecule has 0 aromatic carbocycles. The van der Waals surface area contributed by atoms with Gasteiger partial charge in [-0.05, 0) is 18.6 Å². The Morgan fingerprint density at radius 2 is 2.00 bits per heavy atom. The summed E-state index contributed by atoms with van der Waals surface area (Å²) >= 11 is 0. The van der Waals surface area contributed by atoms with E-state index < -0.39 is 0 Å². The lowest BCUT2D eigenvalue weighted by molar-refractivity contribution is -0.128. The molecule has 0 atom stereocenters. The summed E-state index contributed by atoms with van der Waals surface area (Å²) in [6.07, 6.45) is 2.81. The maximum absolute atomic E-state index is 12.2. The van der Waals surface area contributed by atoms with Crippen molar-refractivity contribution < 1.29 is 9.59 Å². The van der Waals surface area contributed by atoms with Crippen LogP contribution in [0.25, 0.3) is 0 Å². The molecule has 0 bridgehead atoms. The molecule has 1 aliphatic rings. The monoisotopic (exact) mass is 263 g/mol. The van der Waals surface area contributed by atoms with Crippen molar-refractivity contribution in [2.45, 2.75) is 13.3 Å². The van der Waals surface area contributed by atoms with Gasteiger partial charge in [0.1, 0.15) is 0 Å².